The van der Waals surface area contributed by atoms with Crippen molar-refractivity contribution >= 4 is 33.0 Å². The van der Waals surface area contributed by atoms with Crippen molar-refractivity contribution in [2.24, 2.45) is 0 Å². The van der Waals surface area contributed by atoms with Gasteiger partial charge in [0.15, 0.2) is 0 Å². The Kier molecular flexibility index (Phi) is 3.51. The third-order valence-corrected chi connectivity index (χ3v) is 3.93. The molecule has 2 aromatic rings. The van der Waals surface area contributed by atoms with Crippen LogP contribution in [0.4, 0.5) is 5.69 Å². The molecule has 0 unspecified atom stereocenters. The molecule has 0 fully saturated rings. The lowest BCUT2D eigenvalue weighted by Gasteiger charge is -2.06. The molecule has 0 aliphatic heterocycles. The molecular weight excluding hydrogens is 286 g/mol. The molecule has 0 saturated carbocycles. The number of halogens is 1. The van der Waals surface area contributed by atoms with Gasteiger partial charge in [0.2, 0.25) is 0 Å². The molecule has 1 aromatic carbocycles. The first kappa shape index (κ1) is 11.5. The number of aromatic hydroxyl groups is 1. The van der Waals surface area contributed by atoms with E-state index in [-0.39, 0.29) is 0 Å². The summed E-state index contributed by atoms with van der Waals surface area (Å²) in [5, 5.41) is 12.8. The molecule has 16 heavy (non-hydrogen) atoms. The van der Waals surface area contributed by atoms with E-state index in [0.717, 1.165) is 21.6 Å². The van der Waals surface area contributed by atoms with Crippen LogP contribution < -0.4 is 5.32 Å². The highest BCUT2D eigenvalue weighted by molar-refractivity contribution is 9.11. The highest BCUT2D eigenvalue weighted by atomic mass is 79.9. The maximum Gasteiger partial charge on any atom is 0.120 e. The molecule has 0 radical (unpaired) electrons. The van der Waals surface area contributed by atoms with E-state index in [0.29, 0.717) is 5.75 Å². The highest BCUT2D eigenvalue weighted by Crippen LogP contribution is 2.24. The summed E-state index contributed by atoms with van der Waals surface area (Å²) in [4.78, 5) is 1.26. The zero-order valence-corrected chi connectivity index (χ0v) is 11.2. The fraction of sp³-hybridized carbons (Fsp3) is 0.167. The van der Waals surface area contributed by atoms with Gasteiger partial charge in [0.1, 0.15) is 5.75 Å². The number of phenols is 1. The van der Waals surface area contributed by atoms with Crippen molar-refractivity contribution in [3.05, 3.63) is 44.6 Å². The first-order chi connectivity index (χ1) is 7.65. The molecule has 2 nitrogen and oxygen atoms in total. The number of rotatable bonds is 3. The molecule has 0 saturated heterocycles. The van der Waals surface area contributed by atoms with Crippen molar-refractivity contribution < 1.29 is 5.11 Å². The lowest BCUT2D eigenvalue weighted by molar-refractivity contribution is 0.471. The number of nitrogens with one attached hydrogen (secondary N) is 1. The predicted octanol–water partition coefficient (Wildman–Crippen LogP) is 4.14. The van der Waals surface area contributed by atoms with E-state index in [1.54, 1.807) is 17.4 Å². The number of hydrogen-bond acceptors (Lipinski definition) is 3. The smallest absolute Gasteiger partial charge is 0.120 e. The average Bonchev–Trinajstić information content (AvgIpc) is 2.66. The molecule has 0 aliphatic rings. The summed E-state index contributed by atoms with van der Waals surface area (Å²) in [5.41, 5.74) is 1.83. The van der Waals surface area contributed by atoms with Crippen LogP contribution in [0.25, 0.3) is 0 Å². The molecule has 84 valence electrons. The molecule has 1 aromatic heterocycles. The lowest BCUT2D eigenvalue weighted by atomic mass is 10.2. The van der Waals surface area contributed by atoms with Crippen molar-refractivity contribution in [1.82, 2.24) is 0 Å². The Morgan fingerprint density at radius 2 is 2.12 bits per heavy atom. The molecule has 0 spiro atoms. The van der Waals surface area contributed by atoms with Gasteiger partial charge in [0, 0.05) is 23.2 Å². The molecule has 4 heteroatoms. The van der Waals surface area contributed by atoms with E-state index in [1.807, 2.05) is 25.1 Å². The number of benzene rings is 1. The van der Waals surface area contributed by atoms with Gasteiger partial charge in [-0.25, -0.2) is 0 Å². The normalized spacial score (nSPS) is 10.4. The first-order valence-electron chi connectivity index (χ1n) is 4.93. The molecule has 1 heterocycles. The lowest BCUT2D eigenvalue weighted by Crippen LogP contribution is -1.96. The van der Waals surface area contributed by atoms with Crippen molar-refractivity contribution in [2.45, 2.75) is 13.5 Å². The number of phenolic OH excluding ortho intramolecular Hbond substituents is 1. The van der Waals surface area contributed by atoms with Crippen LogP contribution in [0.15, 0.2) is 34.1 Å². The average molecular weight is 298 g/mol. The van der Waals surface area contributed by atoms with Crippen molar-refractivity contribution in [1.29, 1.82) is 0 Å². The Labute approximate surface area is 107 Å². The van der Waals surface area contributed by atoms with Gasteiger partial charge in [-0.1, -0.05) is 6.07 Å². The van der Waals surface area contributed by atoms with E-state index < -0.39 is 0 Å². The van der Waals surface area contributed by atoms with Crippen LogP contribution in [0.2, 0.25) is 0 Å². The first-order valence-corrected chi connectivity index (χ1v) is 6.54. The minimum atomic E-state index is 0.331. The Balaban J connectivity index is 2.02. The molecule has 0 aliphatic carbocycles. The van der Waals surface area contributed by atoms with Crippen molar-refractivity contribution in [3.63, 3.8) is 0 Å². The van der Waals surface area contributed by atoms with Gasteiger partial charge in [-0.3, -0.25) is 0 Å². The van der Waals surface area contributed by atoms with Crippen LogP contribution in [0.1, 0.15) is 10.4 Å². The van der Waals surface area contributed by atoms with E-state index in [1.165, 1.54) is 4.88 Å². The highest BCUT2D eigenvalue weighted by Gasteiger charge is 2.00. The van der Waals surface area contributed by atoms with Crippen LogP contribution in [0, 0.1) is 6.92 Å². The van der Waals surface area contributed by atoms with E-state index in [9.17, 15) is 5.11 Å². The van der Waals surface area contributed by atoms with Gasteiger partial charge in [-0.05, 0) is 46.6 Å². The summed E-state index contributed by atoms with van der Waals surface area (Å²) in [6, 6.07) is 9.74. The maximum absolute atomic E-state index is 9.56. The third-order valence-electron chi connectivity index (χ3n) is 2.30. The third kappa shape index (κ3) is 2.77. The molecule has 2 rings (SSSR count). The van der Waals surface area contributed by atoms with Crippen LogP contribution >= 0.6 is 27.3 Å². The van der Waals surface area contributed by atoms with Crippen LogP contribution in [-0.2, 0) is 6.54 Å². The van der Waals surface area contributed by atoms with Crippen molar-refractivity contribution in [2.75, 3.05) is 5.32 Å². The molecule has 0 atom stereocenters. The predicted molar refractivity (Wildman–Crippen MR) is 72.2 cm³/mol. The summed E-state index contributed by atoms with van der Waals surface area (Å²) in [7, 11) is 0. The zero-order chi connectivity index (χ0) is 11.5. The van der Waals surface area contributed by atoms with Gasteiger partial charge in [-0.2, -0.15) is 0 Å². The van der Waals surface area contributed by atoms with E-state index in [2.05, 4.69) is 27.3 Å². The van der Waals surface area contributed by atoms with Gasteiger partial charge in [0.25, 0.3) is 0 Å². The SMILES string of the molecule is Cc1ccc(NCc2ccc(Br)s2)cc1O. The van der Waals surface area contributed by atoms with Gasteiger partial charge >= 0.3 is 0 Å². The molecule has 0 amide bonds. The van der Waals surface area contributed by atoms with Crippen LogP contribution in [0.3, 0.4) is 0 Å². The number of anilines is 1. The Morgan fingerprint density at radius 3 is 2.75 bits per heavy atom. The van der Waals surface area contributed by atoms with Gasteiger partial charge in [0.05, 0.1) is 3.79 Å². The van der Waals surface area contributed by atoms with E-state index in [4.69, 9.17) is 0 Å². The quantitative estimate of drug-likeness (QED) is 0.892. The van der Waals surface area contributed by atoms with Crippen LogP contribution in [0.5, 0.6) is 5.75 Å². The van der Waals surface area contributed by atoms with Crippen molar-refractivity contribution in [3.8, 4) is 5.75 Å². The topological polar surface area (TPSA) is 32.3 Å². The zero-order valence-electron chi connectivity index (χ0n) is 8.83. The second kappa shape index (κ2) is 4.89. The van der Waals surface area contributed by atoms with Crippen LogP contribution in [-0.4, -0.2) is 5.11 Å². The second-order valence-corrected chi connectivity index (χ2v) is 6.11. The second-order valence-electron chi connectivity index (χ2n) is 3.56. The number of hydrogen-bond donors (Lipinski definition) is 2. The van der Waals surface area contributed by atoms with Gasteiger partial charge < -0.3 is 10.4 Å². The van der Waals surface area contributed by atoms with E-state index >= 15 is 0 Å². The summed E-state index contributed by atoms with van der Waals surface area (Å²) in [6.07, 6.45) is 0. The maximum atomic E-state index is 9.56. The Hall–Kier alpha value is -1.000. The Morgan fingerprint density at radius 1 is 1.31 bits per heavy atom. The monoisotopic (exact) mass is 297 g/mol. The summed E-state index contributed by atoms with van der Waals surface area (Å²) in [5.74, 6) is 0.331. The minimum Gasteiger partial charge on any atom is -0.508 e. The molecule has 2 N–H and O–H groups in total. The molecule has 0 bridgehead atoms. The Bertz CT molecular complexity index is 496. The fourth-order valence-electron chi connectivity index (χ4n) is 1.36. The number of aryl methyl sites for hydroxylation is 1. The minimum absolute atomic E-state index is 0.331. The number of thiophene rings is 1. The summed E-state index contributed by atoms with van der Waals surface area (Å²) in [6.45, 7) is 2.66. The van der Waals surface area contributed by atoms with Gasteiger partial charge in [-0.15, -0.1) is 11.3 Å². The summed E-state index contributed by atoms with van der Waals surface area (Å²) >= 11 is 5.14. The largest absolute Gasteiger partial charge is 0.508 e. The summed E-state index contributed by atoms with van der Waals surface area (Å²) < 4.78 is 1.14. The fourth-order valence-corrected chi connectivity index (χ4v) is 2.78. The molecular formula is C12H12BrNOS. The standard InChI is InChI=1S/C12H12BrNOS/c1-8-2-3-9(6-11(8)15)14-7-10-4-5-12(13)16-10/h2-6,14-15H,7H2,1H3.